The lowest BCUT2D eigenvalue weighted by Gasteiger charge is -2.14. The Hall–Kier alpha value is -2.69. The van der Waals surface area contributed by atoms with Gasteiger partial charge in [-0.25, -0.2) is 0 Å². The highest BCUT2D eigenvalue weighted by Gasteiger charge is 2.11. The maximum absolute atomic E-state index is 12.0. The molecule has 1 amide bonds. The molecule has 2 aromatic carbocycles. The lowest BCUT2D eigenvalue weighted by atomic mass is 10.1. The Morgan fingerprint density at radius 2 is 1.76 bits per heavy atom. The number of non-ortho nitro benzene ring substituents is 1. The van der Waals surface area contributed by atoms with E-state index in [1.807, 2.05) is 37.3 Å². The molecule has 0 saturated heterocycles. The Kier molecular flexibility index (Phi) is 4.66. The second kappa shape index (κ2) is 6.65. The van der Waals surface area contributed by atoms with Gasteiger partial charge in [-0.1, -0.05) is 42.5 Å². The molecular formula is C16H16N2O3. The number of carbonyl (C=O) groups is 1. The quantitative estimate of drug-likeness (QED) is 0.677. The maximum atomic E-state index is 12.0. The van der Waals surface area contributed by atoms with E-state index >= 15 is 0 Å². The number of carbonyl (C=O) groups excluding carboxylic acids is 1. The van der Waals surface area contributed by atoms with E-state index in [4.69, 9.17) is 0 Å². The van der Waals surface area contributed by atoms with Crippen molar-refractivity contribution in [3.8, 4) is 0 Å². The number of nitrogens with zero attached hydrogens (tertiary/aromatic N) is 1. The van der Waals surface area contributed by atoms with E-state index in [1.165, 1.54) is 12.1 Å². The van der Waals surface area contributed by atoms with Gasteiger partial charge in [0.25, 0.3) is 5.69 Å². The zero-order valence-electron chi connectivity index (χ0n) is 11.7. The van der Waals surface area contributed by atoms with E-state index in [9.17, 15) is 14.9 Å². The van der Waals surface area contributed by atoms with Crippen LogP contribution in [-0.2, 0) is 11.2 Å². The lowest BCUT2D eigenvalue weighted by molar-refractivity contribution is -0.384. The highest BCUT2D eigenvalue weighted by molar-refractivity contribution is 5.79. The molecule has 5 nitrogen and oxygen atoms in total. The summed E-state index contributed by atoms with van der Waals surface area (Å²) in [6.07, 6.45) is 0.204. The smallest absolute Gasteiger partial charge is 0.269 e. The van der Waals surface area contributed by atoms with Crippen molar-refractivity contribution >= 4 is 11.6 Å². The molecule has 108 valence electrons. The lowest BCUT2D eigenvalue weighted by Crippen LogP contribution is -2.28. The highest BCUT2D eigenvalue weighted by atomic mass is 16.6. The van der Waals surface area contributed by atoms with Gasteiger partial charge in [-0.3, -0.25) is 14.9 Å². The molecule has 0 aromatic heterocycles. The van der Waals surface area contributed by atoms with Crippen LogP contribution < -0.4 is 5.32 Å². The summed E-state index contributed by atoms with van der Waals surface area (Å²) in [7, 11) is 0. The second-order valence-electron chi connectivity index (χ2n) is 4.80. The monoisotopic (exact) mass is 284 g/mol. The molecule has 0 saturated carbocycles. The molecule has 0 heterocycles. The van der Waals surface area contributed by atoms with Crippen molar-refractivity contribution in [1.29, 1.82) is 0 Å². The van der Waals surface area contributed by atoms with E-state index in [-0.39, 0.29) is 24.1 Å². The molecular weight excluding hydrogens is 268 g/mol. The number of rotatable bonds is 5. The molecule has 2 rings (SSSR count). The number of nitro groups is 1. The van der Waals surface area contributed by atoms with Gasteiger partial charge in [-0.2, -0.15) is 0 Å². The van der Waals surface area contributed by atoms with Crippen molar-refractivity contribution in [1.82, 2.24) is 5.32 Å². The van der Waals surface area contributed by atoms with Crippen LogP contribution in [0.5, 0.6) is 0 Å². The molecule has 0 bridgehead atoms. The van der Waals surface area contributed by atoms with Crippen LogP contribution in [0.15, 0.2) is 54.6 Å². The number of nitro benzene ring substituents is 1. The molecule has 0 spiro atoms. The zero-order valence-corrected chi connectivity index (χ0v) is 11.7. The van der Waals surface area contributed by atoms with Gasteiger partial charge in [0.2, 0.25) is 5.91 Å². The average Bonchev–Trinajstić information content (AvgIpc) is 2.48. The summed E-state index contributed by atoms with van der Waals surface area (Å²) < 4.78 is 0. The first kappa shape index (κ1) is 14.7. The molecule has 0 fully saturated rings. The SMILES string of the molecule is C[C@H](NC(=O)Cc1ccc([N+](=O)[O-])cc1)c1ccccc1. The topological polar surface area (TPSA) is 72.2 Å². The van der Waals surface area contributed by atoms with Crippen molar-refractivity contribution in [2.45, 2.75) is 19.4 Å². The Labute approximate surface area is 122 Å². The standard InChI is InChI=1S/C16H16N2O3/c1-12(14-5-3-2-4-6-14)17-16(19)11-13-7-9-15(10-8-13)18(20)21/h2-10,12H,11H2,1H3,(H,17,19)/t12-/m0/s1. The molecule has 0 unspecified atom stereocenters. The van der Waals surface area contributed by atoms with E-state index in [1.54, 1.807) is 12.1 Å². The minimum Gasteiger partial charge on any atom is -0.349 e. The molecule has 0 aliphatic heterocycles. The van der Waals surface area contributed by atoms with Crippen molar-refractivity contribution in [3.05, 3.63) is 75.8 Å². The van der Waals surface area contributed by atoms with Crippen LogP contribution in [0.3, 0.4) is 0 Å². The maximum Gasteiger partial charge on any atom is 0.269 e. The zero-order chi connectivity index (χ0) is 15.2. The summed E-state index contributed by atoms with van der Waals surface area (Å²) in [5.41, 5.74) is 1.81. The van der Waals surface area contributed by atoms with Crippen LogP contribution in [0, 0.1) is 10.1 Å². The summed E-state index contributed by atoms with van der Waals surface area (Å²) in [5.74, 6) is -0.111. The van der Waals surface area contributed by atoms with Crippen molar-refractivity contribution in [2.24, 2.45) is 0 Å². The van der Waals surface area contributed by atoms with Gasteiger partial charge < -0.3 is 5.32 Å². The number of nitrogens with one attached hydrogen (secondary N) is 1. The fourth-order valence-corrected chi connectivity index (χ4v) is 2.04. The summed E-state index contributed by atoms with van der Waals surface area (Å²) in [4.78, 5) is 22.1. The van der Waals surface area contributed by atoms with Crippen LogP contribution >= 0.6 is 0 Å². The van der Waals surface area contributed by atoms with E-state index < -0.39 is 4.92 Å². The number of hydrogen-bond donors (Lipinski definition) is 1. The minimum atomic E-state index is -0.457. The molecule has 21 heavy (non-hydrogen) atoms. The van der Waals surface area contributed by atoms with Gasteiger partial charge >= 0.3 is 0 Å². The first-order valence-electron chi connectivity index (χ1n) is 6.64. The third kappa shape index (κ3) is 4.14. The molecule has 1 N–H and O–H groups in total. The van der Waals surface area contributed by atoms with Crippen molar-refractivity contribution in [3.63, 3.8) is 0 Å². The molecule has 1 atom stereocenters. The molecule has 2 aromatic rings. The Bertz CT molecular complexity index is 624. The predicted octanol–water partition coefficient (Wildman–Crippen LogP) is 3.01. The van der Waals surface area contributed by atoms with Gasteiger partial charge in [0.1, 0.15) is 0 Å². The van der Waals surface area contributed by atoms with E-state index in [0.29, 0.717) is 0 Å². The number of hydrogen-bond acceptors (Lipinski definition) is 3. The van der Waals surface area contributed by atoms with Crippen LogP contribution in [-0.4, -0.2) is 10.8 Å². The summed E-state index contributed by atoms with van der Waals surface area (Å²) >= 11 is 0. The van der Waals surface area contributed by atoms with Crippen LogP contribution in [0.25, 0.3) is 0 Å². The fourth-order valence-electron chi connectivity index (χ4n) is 2.04. The molecule has 0 aliphatic carbocycles. The largest absolute Gasteiger partial charge is 0.349 e. The van der Waals surface area contributed by atoms with Crippen LogP contribution in [0.4, 0.5) is 5.69 Å². The summed E-state index contributed by atoms with van der Waals surface area (Å²) in [6.45, 7) is 1.92. The Morgan fingerprint density at radius 1 is 1.14 bits per heavy atom. The van der Waals surface area contributed by atoms with E-state index in [2.05, 4.69) is 5.32 Å². The normalized spacial score (nSPS) is 11.7. The Morgan fingerprint density at radius 3 is 2.33 bits per heavy atom. The number of amides is 1. The molecule has 0 radical (unpaired) electrons. The van der Waals surface area contributed by atoms with Gasteiger partial charge in [0.15, 0.2) is 0 Å². The van der Waals surface area contributed by atoms with Crippen molar-refractivity contribution in [2.75, 3.05) is 0 Å². The third-order valence-corrected chi connectivity index (χ3v) is 3.19. The van der Waals surface area contributed by atoms with Crippen LogP contribution in [0.2, 0.25) is 0 Å². The first-order valence-corrected chi connectivity index (χ1v) is 6.64. The second-order valence-corrected chi connectivity index (χ2v) is 4.80. The molecule has 5 heteroatoms. The summed E-state index contributed by atoms with van der Waals surface area (Å²) in [6, 6.07) is 15.6. The number of benzene rings is 2. The first-order chi connectivity index (χ1) is 10.1. The predicted molar refractivity (Wildman–Crippen MR) is 79.8 cm³/mol. The van der Waals surface area contributed by atoms with Gasteiger partial charge in [0.05, 0.1) is 17.4 Å². The Balaban J connectivity index is 1.94. The average molecular weight is 284 g/mol. The molecule has 0 aliphatic rings. The fraction of sp³-hybridized carbons (Fsp3) is 0.188. The van der Waals surface area contributed by atoms with E-state index in [0.717, 1.165) is 11.1 Å². The van der Waals surface area contributed by atoms with Gasteiger partial charge in [0, 0.05) is 12.1 Å². The highest BCUT2D eigenvalue weighted by Crippen LogP contribution is 2.14. The van der Waals surface area contributed by atoms with Crippen LogP contribution in [0.1, 0.15) is 24.1 Å². The van der Waals surface area contributed by atoms with Crippen molar-refractivity contribution < 1.29 is 9.72 Å². The van der Waals surface area contributed by atoms with Gasteiger partial charge in [-0.05, 0) is 18.1 Å². The van der Waals surface area contributed by atoms with Gasteiger partial charge in [-0.15, -0.1) is 0 Å². The third-order valence-electron chi connectivity index (χ3n) is 3.19. The summed E-state index contributed by atoms with van der Waals surface area (Å²) in [5, 5.41) is 13.5. The minimum absolute atomic E-state index is 0.0248.